The average molecular weight is 304 g/mol. The number of halogens is 1. The van der Waals surface area contributed by atoms with Gasteiger partial charge >= 0.3 is 0 Å². The van der Waals surface area contributed by atoms with E-state index >= 15 is 0 Å². The summed E-state index contributed by atoms with van der Waals surface area (Å²) in [5.41, 5.74) is 0. The summed E-state index contributed by atoms with van der Waals surface area (Å²) in [6, 6.07) is 0.885. The van der Waals surface area contributed by atoms with Crippen LogP contribution in [0.5, 0.6) is 0 Å². The number of hydrogen-bond donors (Lipinski definition) is 0. The van der Waals surface area contributed by atoms with Crippen molar-refractivity contribution >= 4 is 15.9 Å². The molecule has 0 N–H and O–H groups in total. The Bertz CT molecular complexity index is 187. The van der Waals surface area contributed by atoms with Crippen molar-refractivity contribution < 1.29 is 0 Å². The molecule has 1 saturated carbocycles. The molecular weight excluding hydrogens is 274 g/mol. The normalized spacial score (nSPS) is 19.4. The van der Waals surface area contributed by atoms with Crippen molar-refractivity contribution in [2.45, 2.75) is 65.3 Å². The molecule has 2 heteroatoms. The SMILES string of the molecule is CCCC(CBr)CN(CC(C)C)C1CCCC1. The molecule has 1 unspecified atom stereocenters. The van der Waals surface area contributed by atoms with Crippen LogP contribution in [0.25, 0.3) is 0 Å². The van der Waals surface area contributed by atoms with Crippen LogP contribution in [0.15, 0.2) is 0 Å². The lowest BCUT2D eigenvalue weighted by atomic mass is 10.0. The van der Waals surface area contributed by atoms with Gasteiger partial charge in [0.05, 0.1) is 0 Å². The van der Waals surface area contributed by atoms with Gasteiger partial charge in [0.15, 0.2) is 0 Å². The van der Waals surface area contributed by atoms with E-state index in [1.807, 2.05) is 0 Å². The molecule has 0 aromatic rings. The van der Waals surface area contributed by atoms with Crippen molar-refractivity contribution in [3.63, 3.8) is 0 Å². The predicted molar refractivity (Wildman–Crippen MR) is 80.9 cm³/mol. The Hall–Kier alpha value is 0.440. The smallest absolute Gasteiger partial charge is 0.00954 e. The zero-order chi connectivity index (χ0) is 12.7. The Labute approximate surface area is 116 Å². The van der Waals surface area contributed by atoms with Crippen LogP contribution >= 0.6 is 15.9 Å². The molecule has 1 nitrogen and oxygen atoms in total. The minimum atomic E-state index is 0.799. The molecule has 1 fully saturated rings. The van der Waals surface area contributed by atoms with Gasteiger partial charge < -0.3 is 0 Å². The van der Waals surface area contributed by atoms with E-state index in [4.69, 9.17) is 0 Å². The maximum atomic E-state index is 3.69. The first-order valence-electron chi connectivity index (χ1n) is 7.47. The summed E-state index contributed by atoms with van der Waals surface area (Å²) in [5.74, 6) is 1.65. The number of rotatable bonds is 8. The molecule has 1 aliphatic rings. The van der Waals surface area contributed by atoms with Gasteiger partial charge in [-0.1, -0.05) is 56.0 Å². The maximum Gasteiger partial charge on any atom is 0.00954 e. The Balaban J connectivity index is 2.48. The third-order valence-corrected chi connectivity index (χ3v) is 4.76. The molecule has 0 aromatic heterocycles. The molecular formula is C15H30BrN. The lowest BCUT2D eigenvalue weighted by Crippen LogP contribution is -2.40. The zero-order valence-corrected chi connectivity index (χ0v) is 13.5. The van der Waals surface area contributed by atoms with Gasteiger partial charge in [-0.3, -0.25) is 4.90 Å². The van der Waals surface area contributed by atoms with Crippen molar-refractivity contribution in [2.75, 3.05) is 18.4 Å². The van der Waals surface area contributed by atoms with Crippen molar-refractivity contribution in [3.05, 3.63) is 0 Å². The highest BCUT2D eigenvalue weighted by molar-refractivity contribution is 9.09. The second-order valence-electron chi connectivity index (χ2n) is 6.10. The van der Waals surface area contributed by atoms with E-state index in [0.717, 1.165) is 17.9 Å². The highest BCUT2D eigenvalue weighted by Gasteiger charge is 2.24. The maximum absolute atomic E-state index is 3.69. The van der Waals surface area contributed by atoms with Crippen LogP contribution in [0.4, 0.5) is 0 Å². The van der Waals surface area contributed by atoms with Crippen molar-refractivity contribution in [1.29, 1.82) is 0 Å². The van der Waals surface area contributed by atoms with E-state index in [1.54, 1.807) is 0 Å². The zero-order valence-electron chi connectivity index (χ0n) is 11.9. The largest absolute Gasteiger partial charge is 0.300 e. The first-order valence-corrected chi connectivity index (χ1v) is 8.59. The van der Waals surface area contributed by atoms with Crippen LogP contribution < -0.4 is 0 Å². The van der Waals surface area contributed by atoms with Gasteiger partial charge in [0.2, 0.25) is 0 Å². The number of alkyl halides is 1. The second kappa shape index (κ2) is 8.53. The van der Waals surface area contributed by atoms with Crippen LogP contribution in [0.3, 0.4) is 0 Å². The Morgan fingerprint density at radius 3 is 2.29 bits per heavy atom. The molecule has 0 spiro atoms. The topological polar surface area (TPSA) is 3.24 Å². The van der Waals surface area contributed by atoms with Crippen LogP contribution in [0.2, 0.25) is 0 Å². The van der Waals surface area contributed by atoms with Gasteiger partial charge in [-0.25, -0.2) is 0 Å². The van der Waals surface area contributed by atoms with Gasteiger partial charge in [0.25, 0.3) is 0 Å². The lowest BCUT2D eigenvalue weighted by Gasteiger charge is -2.33. The molecule has 0 aliphatic heterocycles. The van der Waals surface area contributed by atoms with E-state index in [-0.39, 0.29) is 0 Å². The van der Waals surface area contributed by atoms with E-state index in [9.17, 15) is 0 Å². The molecule has 0 bridgehead atoms. The van der Waals surface area contributed by atoms with Gasteiger partial charge in [0.1, 0.15) is 0 Å². The van der Waals surface area contributed by atoms with Gasteiger partial charge in [0, 0.05) is 24.5 Å². The standard InChI is InChI=1S/C15H30BrN/c1-4-7-14(10-16)12-17(11-13(2)3)15-8-5-6-9-15/h13-15H,4-12H2,1-3H3. The number of nitrogens with zero attached hydrogens (tertiary/aromatic N) is 1. The monoisotopic (exact) mass is 303 g/mol. The van der Waals surface area contributed by atoms with Crippen LogP contribution in [-0.2, 0) is 0 Å². The van der Waals surface area contributed by atoms with Crippen molar-refractivity contribution in [3.8, 4) is 0 Å². The van der Waals surface area contributed by atoms with Gasteiger partial charge in [-0.2, -0.15) is 0 Å². The van der Waals surface area contributed by atoms with Crippen LogP contribution in [-0.4, -0.2) is 29.4 Å². The minimum absolute atomic E-state index is 0.799. The Morgan fingerprint density at radius 1 is 1.18 bits per heavy atom. The highest BCUT2D eigenvalue weighted by Crippen LogP contribution is 2.26. The predicted octanol–water partition coefficient (Wildman–Crippen LogP) is 4.70. The van der Waals surface area contributed by atoms with E-state index in [2.05, 4.69) is 41.6 Å². The third kappa shape index (κ3) is 5.74. The fraction of sp³-hybridized carbons (Fsp3) is 1.00. The molecule has 1 atom stereocenters. The van der Waals surface area contributed by atoms with E-state index < -0.39 is 0 Å². The summed E-state index contributed by atoms with van der Waals surface area (Å²) >= 11 is 3.69. The first-order chi connectivity index (χ1) is 8.17. The number of hydrogen-bond acceptors (Lipinski definition) is 1. The highest BCUT2D eigenvalue weighted by atomic mass is 79.9. The fourth-order valence-corrected chi connectivity index (χ4v) is 3.60. The Morgan fingerprint density at radius 2 is 1.82 bits per heavy atom. The molecule has 17 heavy (non-hydrogen) atoms. The summed E-state index contributed by atoms with van der Waals surface area (Å²) in [6.07, 6.45) is 8.46. The van der Waals surface area contributed by atoms with E-state index in [0.29, 0.717) is 0 Å². The van der Waals surface area contributed by atoms with Crippen molar-refractivity contribution in [2.24, 2.45) is 11.8 Å². The average Bonchev–Trinajstić information content (AvgIpc) is 2.80. The second-order valence-corrected chi connectivity index (χ2v) is 6.74. The quantitative estimate of drug-likeness (QED) is 0.588. The van der Waals surface area contributed by atoms with Crippen LogP contribution in [0, 0.1) is 11.8 Å². The van der Waals surface area contributed by atoms with Gasteiger partial charge in [-0.05, 0) is 31.1 Å². The minimum Gasteiger partial charge on any atom is -0.300 e. The Kier molecular flexibility index (Phi) is 7.77. The fourth-order valence-electron chi connectivity index (χ4n) is 3.07. The van der Waals surface area contributed by atoms with E-state index in [1.165, 1.54) is 56.9 Å². The molecule has 0 radical (unpaired) electrons. The summed E-state index contributed by atoms with van der Waals surface area (Å²) in [4.78, 5) is 2.79. The summed E-state index contributed by atoms with van der Waals surface area (Å²) in [6.45, 7) is 9.60. The lowest BCUT2D eigenvalue weighted by molar-refractivity contribution is 0.152. The van der Waals surface area contributed by atoms with Crippen molar-refractivity contribution in [1.82, 2.24) is 4.90 Å². The van der Waals surface area contributed by atoms with Gasteiger partial charge in [-0.15, -0.1) is 0 Å². The molecule has 0 heterocycles. The molecule has 0 aromatic carbocycles. The molecule has 102 valence electrons. The first kappa shape index (κ1) is 15.5. The van der Waals surface area contributed by atoms with Crippen LogP contribution in [0.1, 0.15) is 59.3 Å². The molecule has 1 rings (SSSR count). The summed E-state index contributed by atoms with van der Waals surface area (Å²) in [7, 11) is 0. The summed E-state index contributed by atoms with van der Waals surface area (Å²) < 4.78 is 0. The molecule has 1 aliphatic carbocycles. The third-order valence-electron chi connectivity index (χ3n) is 3.85. The molecule has 0 saturated heterocycles. The molecule has 0 amide bonds. The summed E-state index contributed by atoms with van der Waals surface area (Å²) in [5, 5.41) is 1.17.